The molecule has 0 aliphatic heterocycles. The molecule has 0 radical (unpaired) electrons. The molecule has 0 saturated heterocycles. The summed E-state index contributed by atoms with van der Waals surface area (Å²) in [5.74, 6) is -0.441. The minimum absolute atomic E-state index is 0.168. The molecule has 0 spiro atoms. The number of rotatable bonds is 4. The number of nitrogens with zero attached hydrogens (tertiary/aromatic N) is 4. The second kappa shape index (κ2) is 4.94. The van der Waals surface area contributed by atoms with Gasteiger partial charge < -0.3 is 5.32 Å². The van der Waals surface area contributed by atoms with Gasteiger partial charge in [0, 0.05) is 19.2 Å². The van der Waals surface area contributed by atoms with E-state index in [0.29, 0.717) is 27.3 Å². The number of aryl methyl sites for hydroxylation is 3. The molecule has 1 N–H and O–H groups in total. The molecule has 2 aromatic rings. The number of alkyl halides is 2. The molecule has 0 atom stereocenters. The highest BCUT2D eigenvalue weighted by Crippen LogP contribution is 2.19. The molecule has 8 heteroatoms. The summed E-state index contributed by atoms with van der Waals surface area (Å²) in [5, 5.41) is 10.5. The molecule has 2 aromatic heterocycles. The van der Waals surface area contributed by atoms with Crippen molar-refractivity contribution in [2.45, 2.75) is 26.9 Å². The summed E-state index contributed by atoms with van der Waals surface area (Å²) in [5.41, 5.74) is 1.85. The van der Waals surface area contributed by atoms with E-state index in [0.717, 1.165) is 4.68 Å². The van der Waals surface area contributed by atoms with Crippen LogP contribution in [-0.2, 0) is 13.6 Å². The fraction of sp³-hybridized carbons (Fsp3) is 0.455. The zero-order chi connectivity index (χ0) is 14.2. The lowest BCUT2D eigenvalue weighted by atomic mass is 10.2. The Morgan fingerprint density at radius 3 is 2.42 bits per heavy atom. The van der Waals surface area contributed by atoms with Crippen LogP contribution in [0.5, 0.6) is 0 Å². The van der Waals surface area contributed by atoms with E-state index in [1.165, 1.54) is 13.2 Å². The maximum absolute atomic E-state index is 13.7. The van der Waals surface area contributed by atoms with Crippen molar-refractivity contribution >= 4 is 5.69 Å². The predicted molar refractivity (Wildman–Crippen MR) is 63.4 cm³/mol. The Balaban J connectivity index is 2.14. The van der Waals surface area contributed by atoms with E-state index in [2.05, 4.69) is 15.5 Å². The average Bonchev–Trinajstić information content (AvgIpc) is 2.80. The Labute approximate surface area is 108 Å². The molecule has 5 nitrogen and oxygen atoms in total. The molecule has 0 aliphatic rings. The smallest absolute Gasteiger partial charge is 0.333 e. The molecular formula is C11H14F3N5. The standard InChI is InChI=1S/C11H14F3N5/c1-6-8(10(12)18(3)16-6)4-15-9-5-19(11(13)14)17-7(9)2/h5,11,15H,4H2,1-3H3. The summed E-state index contributed by atoms with van der Waals surface area (Å²) in [6, 6.07) is 0. The third kappa shape index (κ3) is 2.56. The van der Waals surface area contributed by atoms with Crippen LogP contribution in [0.1, 0.15) is 23.5 Å². The molecule has 2 heterocycles. The van der Waals surface area contributed by atoms with Gasteiger partial charge in [-0.3, -0.25) is 0 Å². The molecular weight excluding hydrogens is 259 g/mol. The second-order valence-corrected chi connectivity index (χ2v) is 4.22. The summed E-state index contributed by atoms with van der Waals surface area (Å²) < 4.78 is 40.3. The number of hydrogen-bond donors (Lipinski definition) is 1. The Hall–Kier alpha value is -1.99. The maximum Gasteiger partial charge on any atom is 0.333 e. The number of anilines is 1. The third-order valence-corrected chi connectivity index (χ3v) is 2.84. The van der Waals surface area contributed by atoms with Gasteiger partial charge in [-0.05, 0) is 13.8 Å². The van der Waals surface area contributed by atoms with Gasteiger partial charge in [-0.2, -0.15) is 23.4 Å². The average molecular weight is 273 g/mol. The highest BCUT2D eigenvalue weighted by atomic mass is 19.3. The van der Waals surface area contributed by atoms with Crippen LogP contribution >= 0.6 is 0 Å². The number of nitrogens with one attached hydrogen (secondary N) is 1. The minimum atomic E-state index is -2.69. The zero-order valence-corrected chi connectivity index (χ0v) is 10.8. The van der Waals surface area contributed by atoms with Crippen LogP contribution in [-0.4, -0.2) is 19.6 Å². The highest BCUT2D eigenvalue weighted by molar-refractivity contribution is 5.46. The van der Waals surface area contributed by atoms with Gasteiger partial charge in [0.2, 0.25) is 5.95 Å². The van der Waals surface area contributed by atoms with E-state index < -0.39 is 12.5 Å². The first kappa shape index (κ1) is 13.4. The van der Waals surface area contributed by atoms with E-state index in [1.807, 2.05) is 0 Å². The van der Waals surface area contributed by atoms with Crippen LogP contribution in [0.2, 0.25) is 0 Å². The first-order valence-corrected chi connectivity index (χ1v) is 5.66. The summed E-state index contributed by atoms with van der Waals surface area (Å²) in [7, 11) is 1.51. The van der Waals surface area contributed by atoms with E-state index in [1.54, 1.807) is 13.8 Å². The molecule has 0 unspecified atom stereocenters. The molecule has 0 bridgehead atoms. The third-order valence-electron chi connectivity index (χ3n) is 2.84. The first-order chi connectivity index (χ1) is 8.90. The fourth-order valence-electron chi connectivity index (χ4n) is 1.81. The molecule has 2 rings (SSSR count). The van der Waals surface area contributed by atoms with Gasteiger partial charge in [0.15, 0.2) is 0 Å². The monoisotopic (exact) mass is 273 g/mol. The van der Waals surface area contributed by atoms with Gasteiger partial charge in [-0.25, -0.2) is 9.36 Å². The van der Waals surface area contributed by atoms with Crippen LogP contribution in [0.25, 0.3) is 0 Å². The largest absolute Gasteiger partial charge is 0.378 e. The topological polar surface area (TPSA) is 47.7 Å². The van der Waals surface area contributed by atoms with Crippen molar-refractivity contribution in [3.8, 4) is 0 Å². The maximum atomic E-state index is 13.7. The molecule has 0 aromatic carbocycles. The van der Waals surface area contributed by atoms with E-state index in [4.69, 9.17) is 0 Å². The summed E-state index contributed by atoms with van der Waals surface area (Å²) in [6.45, 7) is 0.774. The molecule has 0 fully saturated rings. The molecule has 0 amide bonds. The molecule has 0 saturated carbocycles. The van der Waals surface area contributed by atoms with Crippen LogP contribution in [0.3, 0.4) is 0 Å². The van der Waals surface area contributed by atoms with Crippen molar-refractivity contribution < 1.29 is 13.2 Å². The normalized spacial score (nSPS) is 11.3. The first-order valence-electron chi connectivity index (χ1n) is 5.66. The zero-order valence-electron chi connectivity index (χ0n) is 10.8. The quantitative estimate of drug-likeness (QED) is 0.930. The molecule has 104 valence electrons. The fourth-order valence-corrected chi connectivity index (χ4v) is 1.81. The SMILES string of the molecule is Cc1nn(C(F)F)cc1NCc1c(C)nn(C)c1F. The van der Waals surface area contributed by atoms with Crippen LogP contribution in [0.15, 0.2) is 6.20 Å². The van der Waals surface area contributed by atoms with Crippen molar-refractivity contribution in [3.63, 3.8) is 0 Å². The Morgan fingerprint density at radius 2 is 1.95 bits per heavy atom. The summed E-state index contributed by atoms with van der Waals surface area (Å²) in [4.78, 5) is 0. The van der Waals surface area contributed by atoms with Crippen LogP contribution in [0.4, 0.5) is 18.9 Å². The predicted octanol–water partition coefficient (Wildman–Crippen LogP) is 2.38. The summed E-state index contributed by atoms with van der Waals surface area (Å²) in [6.07, 6.45) is 1.20. The van der Waals surface area contributed by atoms with Gasteiger partial charge >= 0.3 is 6.55 Å². The second-order valence-electron chi connectivity index (χ2n) is 4.22. The van der Waals surface area contributed by atoms with E-state index in [9.17, 15) is 13.2 Å². The van der Waals surface area contributed by atoms with Gasteiger partial charge in [0.1, 0.15) is 0 Å². The van der Waals surface area contributed by atoms with Crippen molar-refractivity contribution in [2.24, 2.45) is 7.05 Å². The number of hydrogen-bond acceptors (Lipinski definition) is 3. The van der Waals surface area contributed by atoms with Crippen molar-refractivity contribution in [3.05, 3.63) is 29.1 Å². The van der Waals surface area contributed by atoms with Gasteiger partial charge in [0.05, 0.1) is 23.3 Å². The van der Waals surface area contributed by atoms with Gasteiger partial charge in [-0.1, -0.05) is 0 Å². The lowest BCUT2D eigenvalue weighted by Gasteiger charge is -2.03. The number of aromatic nitrogens is 4. The van der Waals surface area contributed by atoms with Crippen LogP contribution < -0.4 is 5.32 Å². The van der Waals surface area contributed by atoms with Gasteiger partial charge in [-0.15, -0.1) is 0 Å². The number of halogens is 3. The Kier molecular flexibility index (Phi) is 3.50. The van der Waals surface area contributed by atoms with E-state index >= 15 is 0 Å². The summed E-state index contributed by atoms with van der Waals surface area (Å²) >= 11 is 0. The Morgan fingerprint density at radius 1 is 1.26 bits per heavy atom. The van der Waals surface area contributed by atoms with Crippen LogP contribution in [0, 0.1) is 19.8 Å². The molecule has 19 heavy (non-hydrogen) atoms. The lowest BCUT2D eigenvalue weighted by molar-refractivity contribution is 0.0563. The minimum Gasteiger partial charge on any atom is -0.378 e. The van der Waals surface area contributed by atoms with Crippen molar-refractivity contribution in [1.29, 1.82) is 0 Å². The molecule has 0 aliphatic carbocycles. The van der Waals surface area contributed by atoms with E-state index in [-0.39, 0.29) is 6.54 Å². The lowest BCUT2D eigenvalue weighted by Crippen LogP contribution is -2.03. The van der Waals surface area contributed by atoms with Crippen molar-refractivity contribution in [2.75, 3.05) is 5.32 Å². The highest BCUT2D eigenvalue weighted by Gasteiger charge is 2.15. The Bertz CT molecular complexity index is 587. The van der Waals surface area contributed by atoms with Crippen molar-refractivity contribution in [1.82, 2.24) is 19.6 Å². The van der Waals surface area contributed by atoms with Gasteiger partial charge in [0.25, 0.3) is 0 Å².